The van der Waals surface area contributed by atoms with Crippen molar-refractivity contribution in [2.45, 2.75) is 57.3 Å². The summed E-state index contributed by atoms with van der Waals surface area (Å²) >= 11 is 0. The maximum atomic E-state index is 13.2. The number of amides is 1. The van der Waals surface area contributed by atoms with Crippen molar-refractivity contribution in [3.05, 3.63) is 48.4 Å². The zero-order valence-electron chi connectivity index (χ0n) is 19.2. The molecule has 178 valence electrons. The molecule has 2 aromatic rings. The third-order valence-corrected chi connectivity index (χ3v) is 6.13. The van der Waals surface area contributed by atoms with Crippen molar-refractivity contribution in [1.29, 1.82) is 0 Å². The number of anilines is 2. The van der Waals surface area contributed by atoms with Gasteiger partial charge in [0.2, 0.25) is 11.8 Å². The van der Waals surface area contributed by atoms with E-state index in [0.717, 1.165) is 68.8 Å². The van der Waals surface area contributed by atoms with Crippen LogP contribution >= 0.6 is 0 Å². The summed E-state index contributed by atoms with van der Waals surface area (Å²) in [5, 5.41) is 4.06. The van der Waals surface area contributed by atoms with Crippen molar-refractivity contribution in [2.24, 2.45) is 0 Å². The van der Waals surface area contributed by atoms with Gasteiger partial charge in [-0.3, -0.25) is 4.79 Å². The van der Waals surface area contributed by atoms with Crippen LogP contribution in [0.4, 0.5) is 15.8 Å². The number of allylic oxidation sites excluding steroid dienone is 1. The van der Waals surface area contributed by atoms with Gasteiger partial charge in [-0.1, -0.05) is 24.2 Å². The van der Waals surface area contributed by atoms with Gasteiger partial charge in [0.15, 0.2) is 5.82 Å². The summed E-state index contributed by atoms with van der Waals surface area (Å²) in [7, 11) is 0. The number of benzene rings is 1. The first-order chi connectivity index (χ1) is 16.1. The number of halogens is 1. The zero-order valence-corrected chi connectivity index (χ0v) is 19.2. The van der Waals surface area contributed by atoms with E-state index in [4.69, 9.17) is 9.26 Å². The molecule has 0 spiro atoms. The number of aryl methyl sites for hydroxylation is 1. The molecule has 1 aliphatic heterocycles. The molecule has 7 nitrogen and oxygen atoms in total. The molecule has 0 N–H and O–H groups in total. The lowest BCUT2D eigenvalue weighted by Crippen LogP contribution is -2.36. The Hall–Kier alpha value is -2.74. The molecule has 0 atom stereocenters. The van der Waals surface area contributed by atoms with E-state index in [2.05, 4.69) is 27.7 Å². The normalized spacial score (nSPS) is 16.1. The highest BCUT2D eigenvalue weighted by Gasteiger charge is 2.28. The van der Waals surface area contributed by atoms with Crippen LogP contribution in [-0.4, -0.2) is 48.9 Å². The van der Waals surface area contributed by atoms with E-state index < -0.39 is 5.83 Å². The summed E-state index contributed by atoms with van der Waals surface area (Å²) in [6.07, 6.45) is 5.93. The number of aromatic nitrogens is 2. The first kappa shape index (κ1) is 23.4. The Balaban J connectivity index is 1.33. The Morgan fingerprint density at radius 2 is 2.00 bits per heavy atom. The molecule has 33 heavy (non-hydrogen) atoms. The highest BCUT2D eigenvalue weighted by Crippen LogP contribution is 2.38. The number of rotatable bonds is 12. The monoisotopic (exact) mass is 456 g/mol. The summed E-state index contributed by atoms with van der Waals surface area (Å²) in [4.78, 5) is 21.5. The van der Waals surface area contributed by atoms with Crippen LogP contribution in [0.5, 0.6) is 0 Å². The Kier molecular flexibility index (Phi) is 8.10. The predicted octanol–water partition coefficient (Wildman–Crippen LogP) is 4.79. The summed E-state index contributed by atoms with van der Waals surface area (Å²) < 4.78 is 24.0. The molecule has 1 saturated carbocycles. The maximum Gasteiger partial charge on any atom is 0.227 e. The van der Waals surface area contributed by atoms with Crippen molar-refractivity contribution in [3.8, 4) is 0 Å². The molecule has 1 aromatic heterocycles. The number of morpholine rings is 1. The van der Waals surface area contributed by atoms with Gasteiger partial charge >= 0.3 is 0 Å². The molecular formula is C25H33FN4O3. The second-order valence-corrected chi connectivity index (χ2v) is 8.81. The first-order valence-corrected chi connectivity index (χ1v) is 12.0. The van der Waals surface area contributed by atoms with Gasteiger partial charge in [-0.05, 0) is 43.9 Å². The quantitative estimate of drug-likeness (QED) is 0.428. The molecule has 1 amide bonds. The number of ether oxygens (including phenoxy) is 1. The molecule has 2 aliphatic rings. The summed E-state index contributed by atoms with van der Waals surface area (Å²) in [6.45, 7) is 6.94. The molecule has 4 rings (SSSR count). The van der Waals surface area contributed by atoms with E-state index >= 15 is 0 Å². The molecule has 2 heterocycles. The molecule has 0 radical (unpaired) electrons. The Morgan fingerprint density at radius 1 is 1.18 bits per heavy atom. The fourth-order valence-corrected chi connectivity index (χ4v) is 4.05. The van der Waals surface area contributed by atoms with Gasteiger partial charge in [0, 0.05) is 56.2 Å². The van der Waals surface area contributed by atoms with Crippen LogP contribution in [0.15, 0.2) is 41.2 Å². The van der Waals surface area contributed by atoms with Crippen LogP contribution < -0.4 is 9.80 Å². The predicted molar refractivity (Wildman–Crippen MR) is 125 cm³/mol. The van der Waals surface area contributed by atoms with E-state index in [-0.39, 0.29) is 18.7 Å². The molecule has 0 unspecified atom stereocenters. The highest BCUT2D eigenvalue weighted by atomic mass is 19.1. The number of carbonyl (C=O) groups is 1. The lowest BCUT2D eigenvalue weighted by atomic mass is 10.1. The van der Waals surface area contributed by atoms with Crippen LogP contribution in [0.2, 0.25) is 0 Å². The summed E-state index contributed by atoms with van der Waals surface area (Å²) in [5.41, 5.74) is 1.92. The van der Waals surface area contributed by atoms with Crippen LogP contribution in [0.3, 0.4) is 0 Å². The van der Waals surface area contributed by atoms with E-state index in [0.29, 0.717) is 31.6 Å². The third-order valence-electron chi connectivity index (χ3n) is 6.13. The van der Waals surface area contributed by atoms with E-state index in [9.17, 15) is 9.18 Å². The van der Waals surface area contributed by atoms with Gasteiger partial charge in [0.25, 0.3) is 0 Å². The third kappa shape index (κ3) is 6.87. The van der Waals surface area contributed by atoms with Gasteiger partial charge in [-0.15, -0.1) is 0 Å². The molecule has 1 saturated heterocycles. The number of hydrogen-bond acceptors (Lipinski definition) is 6. The maximum absolute atomic E-state index is 13.2. The number of carbonyl (C=O) groups excluding carboxylic acids is 1. The molecule has 1 aliphatic carbocycles. The van der Waals surface area contributed by atoms with E-state index in [1.165, 1.54) is 0 Å². The van der Waals surface area contributed by atoms with Crippen molar-refractivity contribution in [1.82, 2.24) is 10.1 Å². The number of nitrogens with zero attached hydrogens (tertiary/aromatic N) is 4. The fraction of sp³-hybridized carbons (Fsp3) is 0.560. The van der Waals surface area contributed by atoms with Crippen LogP contribution in [0.1, 0.15) is 62.6 Å². The van der Waals surface area contributed by atoms with E-state index in [1.54, 1.807) is 4.90 Å². The minimum atomic E-state index is -0.463. The fourth-order valence-electron chi connectivity index (χ4n) is 4.05. The van der Waals surface area contributed by atoms with Crippen LogP contribution in [-0.2, 0) is 16.0 Å². The minimum absolute atomic E-state index is 0.0545. The smallest absolute Gasteiger partial charge is 0.227 e. The molecule has 1 aromatic carbocycles. The van der Waals surface area contributed by atoms with Gasteiger partial charge < -0.3 is 19.1 Å². The molecule has 0 bridgehead atoms. The Bertz CT molecular complexity index is 937. The van der Waals surface area contributed by atoms with Gasteiger partial charge in [-0.25, -0.2) is 4.39 Å². The Labute approximate surface area is 194 Å². The second-order valence-electron chi connectivity index (χ2n) is 8.81. The van der Waals surface area contributed by atoms with Crippen molar-refractivity contribution in [2.75, 3.05) is 42.6 Å². The van der Waals surface area contributed by atoms with Gasteiger partial charge in [-0.2, -0.15) is 4.98 Å². The van der Waals surface area contributed by atoms with Gasteiger partial charge in [0.05, 0.1) is 19.0 Å². The van der Waals surface area contributed by atoms with E-state index in [1.807, 2.05) is 18.2 Å². The lowest BCUT2D eigenvalue weighted by Gasteiger charge is -2.30. The standard InChI is InChI=1S/C25H33FN4O3/c1-19(26)9-12-24(31)30(22-7-5-6-21(18-22)29-14-16-32-17-15-29)13-4-2-3-8-23-27-25(28-33-23)20-10-11-20/h5-7,18,20H,1-4,8-17H2. The summed E-state index contributed by atoms with van der Waals surface area (Å²) in [6, 6.07) is 8.03. The number of hydrogen-bond donors (Lipinski definition) is 0. The average Bonchev–Trinajstić information content (AvgIpc) is 3.58. The van der Waals surface area contributed by atoms with Crippen LogP contribution in [0, 0.1) is 0 Å². The highest BCUT2D eigenvalue weighted by molar-refractivity contribution is 5.94. The SMILES string of the molecule is C=C(F)CCC(=O)N(CCCCCc1nc(C2CC2)no1)c1cccc(N2CCOCC2)c1. The topological polar surface area (TPSA) is 71.7 Å². The minimum Gasteiger partial charge on any atom is -0.378 e. The van der Waals surface area contributed by atoms with Crippen molar-refractivity contribution < 1.29 is 18.4 Å². The first-order valence-electron chi connectivity index (χ1n) is 12.0. The Morgan fingerprint density at radius 3 is 2.76 bits per heavy atom. The molecule has 8 heteroatoms. The molecule has 2 fully saturated rings. The number of unbranched alkanes of at least 4 members (excludes halogenated alkanes) is 2. The zero-order chi connectivity index (χ0) is 23.0. The van der Waals surface area contributed by atoms with Crippen molar-refractivity contribution >= 4 is 17.3 Å². The van der Waals surface area contributed by atoms with Crippen LogP contribution in [0.25, 0.3) is 0 Å². The largest absolute Gasteiger partial charge is 0.378 e. The molecular weight excluding hydrogens is 423 g/mol. The van der Waals surface area contributed by atoms with Crippen molar-refractivity contribution in [3.63, 3.8) is 0 Å². The average molecular weight is 457 g/mol. The second kappa shape index (κ2) is 11.4. The lowest BCUT2D eigenvalue weighted by molar-refractivity contribution is -0.118. The van der Waals surface area contributed by atoms with Gasteiger partial charge in [0.1, 0.15) is 0 Å². The summed E-state index contributed by atoms with van der Waals surface area (Å²) in [5.74, 6) is 1.49.